The molecule has 2 saturated heterocycles. The fraction of sp³-hybridized carbons (Fsp3) is 1.00. The van der Waals surface area contributed by atoms with E-state index in [-0.39, 0.29) is 0 Å². The van der Waals surface area contributed by atoms with Crippen molar-refractivity contribution in [3.05, 3.63) is 0 Å². The minimum Gasteiger partial charge on any atom is -0.317 e. The Morgan fingerprint density at radius 2 is 1.21 bits per heavy atom. The molecule has 4 nitrogen and oxygen atoms in total. The Balaban J connectivity index is 1.88. The van der Waals surface area contributed by atoms with Gasteiger partial charge >= 0.3 is 0 Å². The van der Waals surface area contributed by atoms with E-state index in [9.17, 15) is 0 Å². The lowest BCUT2D eigenvalue weighted by Crippen LogP contribution is -2.58. The lowest BCUT2D eigenvalue weighted by molar-refractivity contribution is 0.236. The highest BCUT2D eigenvalue weighted by atomic mass is 15.1. The van der Waals surface area contributed by atoms with Gasteiger partial charge in [0.2, 0.25) is 0 Å². The fourth-order valence-electron chi connectivity index (χ4n) is 3.28. The van der Waals surface area contributed by atoms with Gasteiger partial charge in [0, 0.05) is 24.2 Å². The average Bonchev–Trinajstić information content (AvgIpc) is 2.44. The molecule has 0 aromatic rings. The summed E-state index contributed by atoms with van der Waals surface area (Å²) in [7, 11) is 0. The second-order valence-electron chi connectivity index (χ2n) is 6.25. The third-order valence-corrected chi connectivity index (χ3v) is 4.66. The predicted octanol–water partition coefficient (Wildman–Crippen LogP) is 0.837. The van der Waals surface area contributed by atoms with Gasteiger partial charge in [0.1, 0.15) is 0 Å². The van der Waals surface area contributed by atoms with E-state index in [1.807, 2.05) is 0 Å². The van der Waals surface area contributed by atoms with E-state index < -0.39 is 0 Å². The minimum atomic E-state index is 0.581. The minimum absolute atomic E-state index is 0.581. The van der Waals surface area contributed by atoms with Crippen molar-refractivity contribution in [3.63, 3.8) is 0 Å². The van der Waals surface area contributed by atoms with E-state index in [0.29, 0.717) is 24.2 Å². The number of nitrogens with one attached hydrogen (secondary N) is 4. The van der Waals surface area contributed by atoms with Crippen molar-refractivity contribution in [2.75, 3.05) is 26.2 Å². The molecule has 4 N–H and O–H groups in total. The van der Waals surface area contributed by atoms with Crippen molar-refractivity contribution in [1.29, 1.82) is 0 Å². The molecular formula is C15H32N4. The molecule has 0 spiro atoms. The summed E-state index contributed by atoms with van der Waals surface area (Å²) < 4.78 is 0. The Bertz CT molecular complexity index is 224. The monoisotopic (exact) mass is 268 g/mol. The van der Waals surface area contributed by atoms with Gasteiger partial charge in [-0.1, -0.05) is 6.42 Å². The van der Waals surface area contributed by atoms with Crippen LogP contribution in [-0.2, 0) is 0 Å². The molecule has 2 fully saturated rings. The highest BCUT2D eigenvalue weighted by molar-refractivity contribution is 4.91. The van der Waals surface area contributed by atoms with Crippen LogP contribution >= 0.6 is 0 Å². The van der Waals surface area contributed by atoms with Crippen LogP contribution < -0.4 is 21.3 Å². The fourth-order valence-corrected chi connectivity index (χ4v) is 3.28. The maximum absolute atomic E-state index is 3.87. The molecule has 0 amide bonds. The summed E-state index contributed by atoms with van der Waals surface area (Å²) in [6.45, 7) is 9.19. The van der Waals surface area contributed by atoms with E-state index in [0.717, 1.165) is 26.2 Å². The van der Waals surface area contributed by atoms with E-state index in [1.54, 1.807) is 0 Å². The maximum atomic E-state index is 3.87. The molecule has 2 bridgehead atoms. The molecule has 112 valence electrons. The quantitative estimate of drug-likeness (QED) is 0.526. The first kappa shape index (κ1) is 15.2. The lowest BCUT2D eigenvalue weighted by Gasteiger charge is -2.38. The third-order valence-electron chi connectivity index (χ3n) is 4.66. The number of rotatable bonds is 0. The van der Waals surface area contributed by atoms with Crippen LogP contribution in [0, 0.1) is 0 Å². The first-order valence-electron chi connectivity index (χ1n) is 8.21. The molecule has 4 heteroatoms. The highest BCUT2D eigenvalue weighted by Gasteiger charge is 2.27. The van der Waals surface area contributed by atoms with Crippen molar-refractivity contribution in [3.8, 4) is 0 Å². The number of piperidine rings is 1. The topological polar surface area (TPSA) is 48.1 Å². The zero-order valence-electron chi connectivity index (χ0n) is 12.7. The number of hydrogen-bond donors (Lipinski definition) is 4. The second kappa shape index (κ2) is 8.20. The Hall–Kier alpha value is -0.160. The van der Waals surface area contributed by atoms with Gasteiger partial charge < -0.3 is 21.3 Å². The molecule has 0 radical (unpaired) electrons. The molecule has 2 rings (SSSR count). The van der Waals surface area contributed by atoms with Gasteiger partial charge in [0.15, 0.2) is 0 Å². The molecule has 4 atom stereocenters. The van der Waals surface area contributed by atoms with Crippen molar-refractivity contribution >= 4 is 0 Å². The van der Waals surface area contributed by atoms with Crippen molar-refractivity contribution < 1.29 is 0 Å². The first-order valence-corrected chi connectivity index (χ1v) is 8.21. The van der Waals surface area contributed by atoms with Crippen LogP contribution in [0.3, 0.4) is 0 Å². The average molecular weight is 268 g/mol. The molecule has 0 aromatic heterocycles. The molecule has 4 unspecified atom stereocenters. The molecule has 0 saturated carbocycles. The standard InChI is InChI=1S/C15H32N4/c1-12-14-6-3-7-15(19-14)13(2)18-11-5-9-16-8-4-10-17-12/h12-19H,3-11H2,1-2H3. The molecule has 0 aromatic carbocycles. The van der Waals surface area contributed by atoms with Gasteiger partial charge in [-0.25, -0.2) is 0 Å². The molecule has 2 heterocycles. The van der Waals surface area contributed by atoms with Gasteiger partial charge in [-0.05, 0) is 65.7 Å². The van der Waals surface area contributed by atoms with Crippen LogP contribution in [0.4, 0.5) is 0 Å². The molecule has 2 aliphatic heterocycles. The Labute approximate surface area is 118 Å². The predicted molar refractivity (Wildman–Crippen MR) is 81.6 cm³/mol. The highest BCUT2D eigenvalue weighted by Crippen LogP contribution is 2.17. The largest absolute Gasteiger partial charge is 0.317 e. The van der Waals surface area contributed by atoms with Crippen LogP contribution in [0.25, 0.3) is 0 Å². The van der Waals surface area contributed by atoms with E-state index in [4.69, 9.17) is 0 Å². The van der Waals surface area contributed by atoms with E-state index in [1.165, 1.54) is 32.1 Å². The van der Waals surface area contributed by atoms with Crippen molar-refractivity contribution in [1.82, 2.24) is 21.3 Å². The van der Waals surface area contributed by atoms with Crippen LogP contribution in [-0.4, -0.2) is 50.3 Å². The first-order chi connectivity index (χ1) is 9.27. The Morgan fingerprint density at radius 1 is 0.684 bits per heavy atom. The van der Waals surface area contributed by atoms with E-state index in [2.05, 4.69) is 35.1 Å². The number of fused-ring (bicyclic) bond motifs is 2. The van der Waals surface area contributed by atoms with Gasteiger partial charge in [0.05, 0.1) is 0 Å². The van der Waals surface area contributed by atoms with Crippen LogP contribution in [0.1, 0.15) is 46.0 Å². The van der Waals surface area contributed by atoms with Crippen LogP contribution in [0.5, 0.6) is 0 Å². The number of hydrogen-bond acceptors (Lipinski definition) is 4. The summed E-state index contributed by atoms with van der Waals surface area (Å²) >= 11 is 0. The smallest absolute Gasteiger partial charge is 0.0221 e. The second-order valence-corrected chi connectivity index (χ2v) is 6.25. The van der Waals surface area contributed by atoms with E-state index >= 15 is 0 Å². The Morgan fingerprint density at radius 3 is 1.74 bits per heavy atom. The third kappa shape index (κ3) is 5.03. The lowest BCUT2D eigenvalue weighted by atomic mass is 9.91. The summed E-state index contributed by atoms with van der Waals surface area (Å²) in [6, 6.07) is 2.44. The molecule has 2 aliphatic rings. The normalized spacial score (nSPS) is 39.5. The summed E-state index contributed by atoms with van der Waals surface area (Å²) in [5, 5.41) is 14.8. The summed E-state index contributed by atoms with van der Waals surface area (Å²) in [6.07, 6.45) is 6.45. The summed E-state index contributed by atoms with van der Waals surface area (Å²) in [4.78, 5) is 0. The van der Waals surface area contributed by atoms with Crippen molar-refractivity contribution in [2.45, 2.75) is 70.1 Å². The zero-order valence-corrected chi connectivity index (χ0v) is 12.7. The SMILES string of the molecule is CC1NCCCNCCCNC(C)C2CCCC1N2. The Kier molecular flexibility index (Phi) is 6.57. The van der Waals surface area contributed by atoms with Gasteiger partial charge in [-0.2, -0.15) is 0 Å². The molecular weight excluding hydrogens is 236 g/mol. The summed E-state index contributed by atoms with van der Waals surface area (Å²) in [5.41, 5.74) is 0. The maximum Gasteiger partial charge on any atom is 0.0221 e. The van der Waals surface area contributed by atoms with Crippen LogP contribution in [0.2, 0.25) is 0 Å². The van der Waals surface area contributed by atoms with Crippen molar-refractivity contribution in [2.24, 2.45) is 0 Å². The molecule has 19 heavy (non-hydrogen) atoms. The van der Waals surface area contributed by atoms with Gasteiger partial charge in [-0.15, -0.1) is 0 Å². The molecule has 0 aliphatic carbocycles. The van der Waals surface area contributed by atoms with Crippen LogP contribution in [0.15, 0.2) is 0 Å². The summed E-state index contributed by atoms with van der Waals surface area (Å²) in [5.74, 6) is 0. The van der Waals surface area contributed by atoms with Gasteiger partial charge in [0.25, 0.3) is 0 Å². The zero-order chi connectivity index (χ0) is 13.5. The van der Waals surface area contributed by atoms with Gasteiger partial charge in [-0.3, -0.25) is 0 Å².